The van der Waals surface area contributed by atoms with Crippen LogP contribution in [-0.2, 0) is 72.2 Å². The van der Waals surface area contributed by atoms with Crippen LogP contribution in [0.3, 0.4) is 0 Å². The maximum Gasteiger partial charge on any atom is 0.360 e. The zero-order valence-corrected chi connectivity index (χ0v) is 53.3. The molecule has 0 saturated heterocycles. The van der Waals surface area contributed by atoms with Crippen molar-refractivity contribution in [2.45, 2.75) is 82.6 Å². The number of pyridine rings is 3. The number of hydrogen-bond donors (Lipinski definition) is 2. The summed E-state index contributed by atoms with van der Waals surface area (Å²) < 4.78 is 51.3. The van der Waals surface area contributed by atoms with Gasteiger partial charge in [0.25, 0.3) is 0 Å². The van der Waals surface area contributed by atoms with Crippen LogP contribution in [0, 0.1) is 20.8 Å². The number of hydrogen-bond acceptors (Lipinski definition) is 24. The minimum atomic E-state index is -0.790. The fraction of sp³-hybridized carbons (Fsp3) is 0.243. The molecule has 24 nitrogen and oxygen atoms in total. The summed E-state index contributed by atoms with van der Waals surface area (Å²) in [5.74, 6) is -1.92. The van der Waals surface area contributed by atoms with Gasteiger partial charge in [-0.05, 0) is 126 Å². The van der Waals surface area contributed by atoms with Crippen LogP contribution in [0.15, 0.2) is 127 Å². The number of fused-ring (bicyclic) bond motifs is 3. The molecule has 3 aromatic heterocycles. The van der Waals surface area contributed by atoms with E-state index >= 15 is 0 Å². The Morgan fingerprint density at radius 3 is 1.02 bits per heavy atom. The molecule has 0 amide bonds. The molecule has 24 heteroatoms. The molecule has 0 atom stereocenters. The Balaban J connectivity index is 0.000000242. The summed E-state index contributed by atoms with van der Waals surface area (Å²) in [7, 11) is 7.46. The van der Waals surface area contributed by atoms with Crippen LogP contribution in [-0.4, -0.2) is 113 Å². The largest absolute Gasteiger partial charge is 0.505 e. The number of aromatic nitrogens is 3. The van der Waals surface area contributed by atoms with Crippen molar-refractivity contribution in [1.82, 2.24) is 19.9 Å². The van der Waals surface area contributed by atoms with Crippen LogP contribution < -0.4 is 18.9 Å². The summed E-state index contributed by atoms with van der Waals surface area (Å²) in [5.41, 5.74) is 4.08. The SMILES string of the molecule is C.CC(=O)OC(C)=O.COC(=O)c1nc(CN(C)C)c2cc(Oc3ccc(C)cc3)ccc2c1O.COC(=O)c1nc(COC(C)=O)c2cc(Oc3ccc(C)cc3)ccc2c1O.COC(=O)c1nc(COC(C)=O)c2cc(Oc3ccc(C)cc3)ccc2c1OC(C)=O. The molecule has 0 aliphatic heterocycles. The van der Waals surface area contributed by atoms with E-state index in [4.69, 9.17) is 37.9 Å². The number of methoxy groups -OCH3 is 3. The van der Waals surface area contributed by atoms with Crippen molar-refractivity contribution in [2.75, 3.05) is 35.4 Å². The highest BCUT2D eigenvalue weighted by atomic mass is 16.6. The maximum atomic E-state index is 12.3. The van der Waals surface area contributed by atoms with Crippen molar-refractivity contribution in [3.8, 4) is 51.7 Å². The van der Waals surface area contributed by atoms with Crippen molar-refractivity contribution < 1.29 is 95.9 Å². The second-order valence-corrected chi connectivity index (χ2v) is 20.6. The fourth-order valence-electron chi connectivity index (χ4n) is 8.58. The predicted molar refractivity (Wildman–Crippen MR) is 345 cm³/mol. The van der Waals surface area contributed by atoms with Crippen LogP contribution in [0.1, 0.15) is 107 Å². The number of carbonyl (C=O) groups excluding carboxylic acids is 8. The van der Waals surface area contributed by atoms with E-state index in [1.54, 1.807) is 48.5 Å². The third-order valence-corrected chi connectivity index (χ3v) is 12.8. The Bertz CT molecular complexity index is 4230. The second kappa shape index (κ2) is 34.1. The predicted octanol–water partition coefficient (Wildman–Crippen LogP) is 12.6. The van der Waals surface area contributed by atoms with Crippen LogP contribution >= 0.6 is 0 Å². The lowest BCUT2D eigenvalue weighted by atomic mass is 10.1. The number of aromatic hydroxyl groups is 2. The molecular formula is C70H72N4O20. The first kappa shape index (κ1) is 73.2. The van der Waals surface area contributed by atoms with Gasteiger partial charge in [0.1, 0.15) is 47.7 Å². The van der Waals surface area contributed by atoms with Gasteiger partial charge in [-0.1, -0.05) is 60.5 Å². The Morgan fingerprint density at radius 2 is 0.702 bits per heavy atom. The number of benzene rings is 6. The summed E-state index contributed by atoms with van der Waals surface area (Å²) in [5, 5.41) is 24.0. The molecule has 9 rings (SSSR count). The summed E-state index contributed by atoms with van der Waals surface area (Å²) in [6.45, 7) is 12.2. The van der Waals surface area contributed by atoms with Gasteiger partial charge in [0.05, 0.1) is 38.4 Å². The molecule has 9 aromatic rings. The molecule has 0 radical (unpaired) electrons. The quantitative estimate of drug-likeness (QED) is 0.0516. The van der Waals surface area contributed by atoms with Crippen molar-refractivity contribution >= 4 is 80.1 Å². The normalized spacial score (nSPS) is 10.3. The molecule has 0 saturated carbocycles. The lowest BCUT2D eigenvalue weighted by Gasteiger charge is -2.15. The third-order valence-electron chi connectivity index (χ3n) is 12.8. The van der Waals surface area contributed by atoms with Crippen molar-refractivity contribution in [2.24, 2.45) is 0 Å². The first-order valence-electron chi connectivity index (χ1n) is 28.2. The van der Waals surface area contributed by atoms with Gasteiger partial charge in [0, 0.05) is 73.5 Å². The molecule has 6 aromatic carbocycles. The average Bonchev–Trinajstić information content (AvgIpc) is 0.797. The zero-order chi connectivity index (χ0) is 68.2. The van der Waals surface area contributed by atoms with Crippen LogP contribution in [0.25, 0.3) is 32.3 Å². The van der Waals surface area contributed by atoms with Gasteiger partial charge in [0.15, 0.2) is 34.3 Å². The van der Waals surface area contributed by atoms with Crippen molar-refractivity contribution in [1.29, 1.82) is 0 Å². The van der Waals surface area contributed by atoms with Gasteiger partial charge in [0.2, 0.25) is 0 Å². The molecule has 0 unspecified atom stereocenters. The van der Waals surface area contributed by atoms with E-state index in [0.29, 0.717) is 73.6 Å². The van der Waals surface area contributed by atoms with Gasteiger partial charge in [-0.3, -0.25) is 24.0 Å². The lowest BCUT2D eigenvalue weighted by molar-refractivity contribution is -0.156. The Kier molecular flexibility index (Phi) is 26.5. The van der Waals surface area contributed by atoms with Gasteiger partial charge in [-0.2, -0.15) is 0 Å². The summed E-state index contributed by atoms with van der Waals surface area (Å²) in [6, 6.07) is 38.0. The number of esters is 8. The number of nitrogens with zero attached hydrogens (tertiary/aromatic N) is 4. The summed E-state index contributed by atoms with van der Waals surface area (Å²) in [6.07, 6.45) is 0. The molecule has 0 aliphatic carbocycles. The van der Waals surface area contributed by atoms with Gasteiger partial charge < -0.3 is 62.5 Å². The monoisotopic (exact) mass is 1290 g/mol. The summed E-state index contributed by atoms with van der Waals surface area (Å²) in [4.78, 5) is 105. The molecule has 0 fully saturated rings. The average molecular weight is 1290 g/mol. The molecule has 94 heavy (non-hydrogen) atoms. The van der Waals surface area contributed by atoms with E-state index in [1.165, 1.54) is 55.9 Å². The number of rotatable bonds is 16. The maximum absolute atomic E-state index is 12.3. The van der Waals surface area contributed by atoms with Crippen molar-refractivity contribution in [3.63, 3.8) is 0 Å². The zero-order valence-electron chi connectivity index (χ0n) is 53.3. The van der Waals surface area contributed by atoms with Crippen LogP contribution in [0.4, 0.5) is 0 Å². The topological polar surface area (TPSA) is 311 Å². The highest BCUT2D eigenvalue weighted by Crippen LogP contribution is 2.38. The molecule has 2 N–H and O–H groups in total. The Labute approximate surface area is 541 Å². The summed E-state index contributed by atoms with van der Waals surface area (Å²) >= 11 is 0. The number of carbonyl (C=O) groups is 8. The van der Waals surface area contributed by atoms with Crippen molar-refractivity contribution in [3.05, 3.63) is 178 Å². The van der Waals surface area contributed by atoms with Gasteiger partial charge in [-0.25, -0.2) is 29.3 Å². The standard InChI is InChI=1S/C23H21NO7.C21H22N2O4.C21H19NO6.C4H6O3.CH4/c1-13-5-7-16(8-6-13)31-17-9-10-18-19(11-17)20(12-29-14(2)25)24-21(23(27)28-4)22(18)30-15(3)26;1-13-5-7-14(8-6-13)27-15-9-10-16-17(11-15)18(12-23(2)3)22-19(20(16)24)21(25)26-4;1-12-4-6-14(7-5-12)28-15-8-9-16-17(10-15)18(11-27-13(2)23)22-19(20(16)24)21(25)26-3;1-3(5)7-4(2)6;/h5-11H,12H2,1-4H3;5-11,24H,12H2,1-4H3;4-10,24H,11H2,1-3H3;1-2H3;1H4. The molecular weight excluding hydrogens is 1220 g/mol. The van der Waals surface area contributed by atoms with Crippen LogP contribution in [0.2, 0.25) is 0 Å². The lowest BCUT2D eigenvalue weighted by Crippen LogP contribution is -2.15. The van der Waals surface area contributed by atoms with E-state index in [1.807, 2.05) is 119 Å². The highest BCUT2D eigenvalue weighted by Gasteiger charge is 2.26. The molecule has 492 valence electrons. The van der Waals surface area contributed by atoms with Crippen LogP contribution in [0.5, 0.6) is 51.7 Å². The van der Waals surface area contributed by atoms with E-state index in [2.05, 4.69) is 24.4 Å². The second-order valence-electron chi connectivity index (χ2n) is 20.6. The molecule has 3 heterocycles. The molecule has 0 spiro atoms. The number of aryl methyl sites for hydroxylation is 3. The smallest absolute Gasteiger partial charge is 0.360 e. The first-order chi connectivity index (χ1) is 44.2. The van der Waals surface area contributed by atoms with E-state index < -0.39 is 47.8 Å². The third kappa shape index (κ3) is 20.5. The molecule has 0 bridgehead atoms. The van der Waals surface area contributed by atoms with Gasteiger partial charge in [-0.15, -0.1) is 0 Å². The highest BCUT2D eigenvalue weighted by molar-refractivity contribution is 6.03. The first-order valence-corrected chi connectivity index (χ1v) is 28.2. The number of ether oxygens (including phenoxy) is 10. The van der Waals surface area contributed by atoms with E-state index in [-0.39, 0.29) is 60.7 Å². The Hall–Kier alpha value is -11.5. The van der Waals surface area contributed by atoms with Gasteiger partial charge >= 0.3 is 47.8 Å². The molecule has 0 aliphatic rings. The van der Waals surface area contributed by atoms with E-state index in [0.717, 1.165) is 27.8 Å². The minimum Gasteiger partial charge on any atom is -0.505 e. The Morgan fingerprint density at radius 1 is 0.394 bits per heavy atom. The fourth-order valence-corrected chi connectivity index (χ4v) is 8.58. The van der Waals surface area contributed by atoms with E-state index in [9.17, 15) is 48.6 Å². The minimum absolute atomic E-state index is 0.